The third kappa shape index (κ3) is 2.37. The maximum atomic E-state index is 5.87. The van der Waals surface area contributed by atoms with Gasteiger partial charge in [-0.1, -0.05) is 11.6 Å². The number of benzene rings is 1. The van der Waals surface area contributed by atoms with E-state index >= 15 is 0 Å². The van der Waals surface area contributed by atoms with Gasteiger partial charge in [0.2, 0.25) is 0 Å². The van der Waals surface area contributed by atoms with Crippen LogP contribution in [0.2, 0.25) is 5.02 Å². The summed E-state index contributed by atoms with van der Waals surface area (Å²) in [6.45, 7) is 3.74. The third-order valence-electron chi connectivity index (χ3n) is 2.68. The smallest absolute Gasteiger partial charge is 0.163 e. The van der Waals surface area contributed by atoms with Crippen molar-refractivity contribution in [3.05, 3.63) is 40.9 Å². The summed E-state index contributed by atoms with van der Waals surface area (Å²) in [5, 5.41) is 3.94. The lowest BCUT2D eigenvalue weighted by molar-refractivity contribution is 1.08. The molecule has 0 saturated carbocycles. The van der Waals surface area contributed by atoms with Crippen molar-refractivity contribution in [2.45, 2.75) is 13.8 Å². The maximum absolute atomic E-state index is 5.87. The fourth-order valence-corrected chi connectivity index (χ4v) is 2.01. The molecule has 96 valence electrons. The summed E-state index contributed by atoms with van der Waals surface area (Å²) >= 11 is 5.87. The first-order valence-corrected chi connectivity index (χ1v) is 6.23. The number of aryl methyl sites for hydroxylation is 2. The number of imidazole rings is 1. The zero-order valence-corrected chi connectivity index (χ0v) is 11.3. The van der Waals surface area contributed by atoms with Gasteiger partial charge in [0.1, 0.15) is 11.6 Å². The quantitative estimate of drug-likeness (QED) is 0.751. The molecule has 0 aliphatic carbocycles. The van der Waals surface area contributed by atoms with E-state index in [1.54, 1.807) is 0 Å². The fraction of sp³-hybridized carbons (Fsp3) is 0.154. The first-order chi connectivity index (χ1) is 9.11. The molecule has 3 aromatic rings. The molecule has 0 atom stereocenters. The first kappa shape index (κ1) is 11.9. The second-order valence-corrected chi connectivity index (χ2v) is 4.71. The van der Waals surface area contributed by atoms with Gasteiger partial charge in [-0.15, -0.1) is 0 Å². The summed E-state index contributed by atoms with van der Waals surface area (Å²) in [4.78, 5) is 16.2. The summed E-state index contributed by atoms with van der Waals surface area (Å²) in [7, 11) is 0. The Bertz CT molecular complexity index is 733. The highest BCUT2D eigenvalue weighted by Gasteiger charge is 2.10. The normalized spacial score (nSPS) is 10.9. The van der Waals surface area contributed by atoms with E-state index in [0.717, 1.165) is 22.7 Å². The molecule has 0 spiro atoms. The number of halogens is 1. The Hall–Kier alpha value is -2.14. The fourth-order valence-electron chi connectivity index (χ4n) is 1.88. The van der Waals surface area contributed by atoms with E-state index in [-0.39, 0.29) is 0 Å². The van der Waals surface area contributed by atoms with E-state index in [4.69, 9.17) is 11.6 Å². The van der Waals surface area contributed by atoms with Crippen LogP contribution < -0.4 is 5.32 Å². The van der Waals surface area contributed by atoms with Crippen molar-refractivity contribution in [1.29, 1.82) is 0 Å². The van der Waals surface area contributed by atoms with Gasteiger partial charge < -0.3 is 10.3 Å². The number of aromatic nitrogens is 4. The van der Waals surface area contributed by atoms with Crippen molar-refractivity contribution >= 4 is 34.3 Å². The van der Waals surface area contributed by atoms with E-state index in [0.29, 0.717) is 16.7 Å². The van der Waals surface area contributed by atoms with E-state index < -0.39 is 0 Å². The topological polar surface area (TPSA) is 66.5 Å². The predicted octanol–water partition coefficient (Wildman–Crippen LogP) is 3.37. The van der Waals surface area contributed by atoms with E-state index in [9.17, 15) is 0 Å². The third-order valence-corrected chi connectivity index (χ3v) is 2.93. The standard InChI is InChI=1S/C13H12ClN5/c1-7-15-11-12(16-7)17-8(2)18-13(11)19-10-5-3-9(14)4-6-10/h3-6H,1-2H3,(H2,15,16,17,18,19). The van der Waals surface area contributed by atoms with Crippen molar-refractivity contribution in [1.82, 2.24) is 19.9 Å². The molecular formula is C13H12ClN5. The molecule has 5 nitrogen and oxygen atoms in total. The van der Waals surface area contributed by atoms with Crippen LogP contribution >= 0.6 is 11.6 Å². The number of hydrogen-bond donors (Lipinski definition) is 2. The van der Waals surface area contributed by atoms with Gasteiger partial charge in [-0.3, -0.25) is 0 Å². The Labute approximate surface area is 115 Å². The van der Waals surface area contributed by atoms with Crippen molar-refractivity contribution in [2.75, 3.05) is 5.32 Å². The molecule has 1 aromatic carbocycles. The minimum Gasteiger partial charge on any atom is -0.338 e. The molecule has 2 aromatic heterocycles. The molecule has 0 amide bonds. The average molecular weight is 274 g/mol. The molecule has 0 radical (unpaired) electrons. The lowest BCUT2D eigenvalue weighted by Crippen LogP contribution is -1.98. The molecule has 2 heterocycles. The summed E-state index contributed by atoms with van der Waals surface area (Å²) in [6.07, 6.45) is 0. The van der Waals surface area contributed by atoms with Crippen LogP contribution in [0, 0.1) is 13.8 Å². The SMILES string of the molecule is Cc1nc(Nc2ccc(Cl)cc2)c2nc(C)[nH]c2n1. The largest absolute Gasteiger partial charge is 0.338 e. The second-order valence-electron chi connectivity index (χ2n) is 4.27. The van der Waals surface area contributed by atoms with Crippen LogP contribution in [0.4, 0.5) is 11.5 Å². The molecule has 19 heavy (non-hydrogen) atoms. The first-order valence-electron chi connectivity index (χ1n) is 5.85. The number of fused-ring (bicyclic) bond motifs is 1. The molecule has 0 bridgehead atoms. The van der Waals surface area contributed by atoms with Crippen LogP contribution in [0.1, 0.15) is 11.6 Å². The molecule has 3 rings (SSSR count). The van der Waals surface area contributed by atoms with Crippen molar-refractivity contribution in [3.63, 3.8) is 0 Å². The number of aromatic amines is 1. The highest BCUT2D eigenvalue weighted by molar-refractivity contribution is 6.30. The number of hydrogen-bond acceptors (Lipinski definition) is 4. The number of anilines is 2. The van der Waals surface area contributed by atoms with Crippen LogP contribution in [0.25, 0.3) is 11.2 Å². The number of H-pyrrole nitrogens is 1. The highest BCUT2D eigenvalue weighted by atomic mass is 35.5. The lowest BCUT2D eigenvalue weighted by atomic mass is 10.3. The van der Waals surface area contributed by atoms with Gasteiger partial charge in [-0.05, 0) is 38.1 Å². The van der Waals surface area contributed by atoms with Gasteiger partial charge in [0.15, 0.2) is 17.0 Å². The van der Waals surface area contributed by atoms with Gasteiger partial charge in [0.05, 0.1) is 0 Å². The van der Waals surface area contributed by atoms with Crippen molar-refractivity contribution < 1.29 is 0 Å². The lowest BCUT2D eigenvalue weighted by Gasteiger charge is -2.06. The predicted molar refractivity (Wildman–Crippen MR) is 75.9 cm³/mol. The van der Waals surface area contributed by atoms with E-state index in [2.05, 4.69) is 25.3 Å². The number of rotatable bonds is 2. The minimum absolute atomic E-state index is 0.688. The van der Waals surface area contributed by atoms with Gasteiger partial charge >= 0.3 is 0 Å². The Morgan fingerprint density at radius 3 is 2.53 bits per heavy atom. The molecule has 6 heteroatoms. The van der Waals surface area contributed by atoms with E-state index in [1.165, 1.54) is 0 Å². The molecular weight excluding hydrogens is 262 g/mol. The monoisotopic (exact) mass is 273 g/mol. The van der Waals surface area contributed by atoms with Crippen molar-refractivity contribution in [3.8, 4) is 0 Å². The summed E-state index contributed by atoms with van der Waals surface area (Å²) in [6, 6.07) is 7.44. The Balaban J connectivity index is 2.06. The highest BCUT2D eigenvalue weighted by Crippen LogP contribution is 2.23. The van der Waals surface area contributed by atoms with E-state index in [1.807, 2.05) is 38.1 Å². The Morgan fingerprint density at radius 2 is 1.79 bits per heavy atom. The zero-order chi connectivity index (χ0) is 13.4. The van der Waals surface area contributed by atoms with Crippen LogP contribution in [-0.4, -0.2) is 19.9 Å². The van der Waals surface area contributed by atoms with Gasteiger partial charge in [-0.25, -0.2) is 15.0 Å². The van der Waals surface area contributed by atoms with Gasteiger partial charge in [0.25, 0.3) is 0 Å². The minimum atomic E-state index is 0.688. The molecule has 0 unspecified atom stereocenters. The number of nitrogens with zero attached hydrogens (tertiary/aromatic N) is 3. The Morgan fingerprint density at radius 1 is 1.05 bits per heavy atom. The molecule has 0 saturated heterocycles. The molecule has 0 fully saturated rings. The zero-order valence-electron chi connectivity index (χ0n) is 10.5. The summed E-state index contributed by atoms with van der Waals surface area (Å²) in [5.41, 5.74) is 2.38. The molecule has 0 aliphatic rings. The number of nitrogens with one attached hydrogen (secondary N) is 2. The summed E-state index contributed by atoms with van der Waals surface area (Å²) in [5.74, 6) is 2.19. The van der Waals surface area contributed by atoms with Crippen LogP contribution in [0.3, 0.4) is 0 Å². The maximum Gasteiger partial charge on any atom is 0.163 e. The van der Waals surface area contributed by atoms with Crippen LogP contribution in [0.5, 0.6) is 0 Å². The Kier molecular flexibility index (Phi) is 2.83. The molecule has 0 aliphatic heterocycles. The van der Waals surface area contributed by atoms with Gasteiger partial charge in [0, 0.05) is 10.7 Å². The van der Waals surface area contributed by atoms with Crippen LogP contribution in [-0.2, 0) is 0 Å². The van der Waals surface area contributed by atoms with Gasteiger partial charge in [-0.2, -0.15) is 0 Å². The van der Waals surface area contributed by atoms with Crippen molar-refractivity contribution in [2.24, 2.45) is 0 Å². The summed E-state index contributed by atoms with van der Waals surface area (Å²) < 4.78 is 0. The average Bonchev–Trinajstić information content (AvgIpc) is 2.72. The van der Waals surface area contributed by atoms with Crippen LogP contribution in [0.15, 0.2) is 24.3 Å². The molecule has 2 N–H and O–H groups in total. The second kappa shape index (κ2) is 4.51.